The maximum Gasteiger partial charge on any atom is 0.410 e. The molecule has 0 radical (unpaired) electrons. The molecule has 0 aliphatic carbocycles. The lowest BCUT2D eigenvalue weighted by Crippen LogP contribution is -2.54. The van der Waals surface area contributed by atoms with E-state index >= 15 is 0 Å². The van der Waals surface area contributed by atoms with Crippen molar-refractivity contribution in [2.24, 2.45) is 0 Å². The fraction of sp³-hybridized carbons (Fsp3) is 0.400. The lowest BCUT2D eigenvalue weighted by atomic mass is 10.1. The zero-order chi connectivity index (χ0) is 33.9. The van der Waals surface area contributed by atoms with E-state index < -0.39 is 17.5 Å². The van der Waals surface area contributed by atoms with E-state index in [0.717, 1.165) is 47.3 Å². The van der Waals surface area contributed by atoms with Gasteiger partial charge in [0.2, 0.25) is 0 Å². The first-order chi connectivity index (χ1) is 22.3. The number of ether oxygens (including phenoxy) is 1. The molecule has 0 saturated carbocycles. The highest BCUT2D eigenvalue weighted by Gasteiger charge is 2.30. The number of benzene rings is 2. The van der Waals surface area contributed by atoms with Crippen molar-refractivity contribution >= 4 is 51.2 Å². The molecule has 2 aromatic heterocycles. The molecule has 4 heterocycles. The number of aromatic carboxylic acids is 2. The first-order valence-electron chi connectivity index (χ1n) is 15.8. The van der Waals surface area contributed by atoms with E-state index in [-0.39, 0.29) is 23.5 Å². The van der Waals surface area contributed by atoms with Crippen LogP contribution < -0.4 is 15.1 Å². The summed E-state index contributed by atoms with van der Waals surface area (Å²) in [7, 11) is 0. The number of aromatic nitrogens is 2. The molecule has 2 aliphatic heterocycles. The number of fused-ring (bicyclic) bond motifs is 2. The maximum absolute atomic E-state index is 12.3. The van der Waals surface area contributed by atoms with Crippen molar-refractivity contribution < 1.29 is 29.3 Å². The molecule has 3 N–H and O–H groups in total. The molecule has 4 aromatic rings. The molecule has 2 unspecified atom stereocenters. The number of carbonyl (C=O) groups is 3. The van der Waals surface area contributed by atoms with Crippen LogP contribution in [-0.4, -0.2) is 100 Å². The van der Waals surface area contributed by atoms with Crippen molar-refractivity contribution in [1.82, 2.24) is 20.2 Å². The van der Waals surface area contributed by atoms with E-state index in [2.05, 4.69) is 45.0 Å². The van der Waals surface area contributed by atoms with Crippen molar-refractivity contribution in [1.29, 1.82) is 0 Å². The summed E-state index contributed by atoms with van der Waals surface area (Å²) in [6.07, 6.45) is -0.280. The number of hydrogen-bond acceptors (Lipinski definition) is 9. The van der Waals surface area contributed by atoms with Crippen molar-refractivity contribution in [3.63, 3.8) is 0 Å². The topological polar surface area (TPSA) is 148 Å². The monoisotopic (exact) mass is 642 g/mol. The fourth-order valence-corrected chi connectivity index (χ4v) is 5.88. The highest BCUT2D eigenvalue weighted by Crippen LogP contribution is 2.26. The third kappa shape index (κ3) is 8.07. The number of nitrogens with one attached hydrogen (secondary N) is 1. The Morgan fingerprint density at radius 1 is 0.766 bits per heavy atom. The van der Waals surface area contributed by atoms with Gasteiger partial charge in [0.15, 0.2) is 0 Å². The smallest absolute Gasteiger partial charge is 0.410 e. The van der Waals surface area contributed by atoms with Gasteiger partial charge in [0.05, 0.1) is 11.0 Å². The number of hydrogen-bond donors (Lipinski definition) is 3. The highest BCUT2D eigenvalue weighted by atomic mass is 16.6. The van der Waals surface area contributed by atoms with Crippen molar-refractivity contribution in [3.05, 3.63) is 72.1 Å². The molecule has 12 nitrogen and oxygen atoms in total. The summed E-state index contributed by atoms with van der Waals surface area (Å²) in [6, 6.07) is 19.0. The molecule has 6 rings (SSSR count). The van der Waals surface area contributed by atoms with Gasteiger partial charge in [0.1, 0.15) is 17.0 Å². The molecule has 2 aromatic carbocycles. The Morgan fingerprint density at radius 3 is 1.77 bits per heavy atom. The van der Waals surface area contributed by atoms with Crippen LogP contribution in [0.25, 0.3) is 21.8 Å². The highest BCUT2D eigenvalue weighted by molar-refractivity contribution is 5.91. The third-order valence-corrected chi connectivity index (χ3v) is 8.23. The van der Waals surface area contributed by atoms with E-state index in [1.54, 1.807) is 17.0 Å². The molecule has 248 valence electrons. The van der Waals surface area contributed by atoms with Gasteiger partial charge in [-0.15, -0.1) is 0 Å². The summed E-state index contributed by atoms with van der Waals surface area (Å²) in [5, 5.41) is 23.3. The molecular weight excluding hydrogens is 600 g/mol. The molecule has 0 bridgehead atoms. The van der Waals surface area contributed by atoms with Gasteiger partial charge in [0.25, 0.3) is 0 Å². The Morgan fingerprint density at radius 2 is 1.30 bits per heavy atom. The predicted octanol–water partition coefficient (Wildman–Crippen LogP) is 5.11. The number of amides is 1. The molecule has 1 amide bonds. The van der Waals surface area contributed by atoms with Crippen molar-refractivity contribution in [2.75, 3.05) is 49.1 Å². The van der Waals surface area contributed by atoms with Crippen LogP contribution in [0.4, 0.5) is 16.2 Å². The average molecular weight is 643 g/mol. The van der Waals surface area contributed by atoms with Crippen LogP contribution in [0.2, 0.25) is 0 Å². The Kier molecular flexibility index (Phi) is 9.80. The number of carboxylic acid groups (broad SMARTS) is 2. The zero-order valence-electron chi connectivity index (χ0n) is 27.4. The predicted molar refractivity (Wildman–Crippen MR) is 182 cm³/mol. The van der Waals surface area contributed by atoms with E-state index in [1.807, 2.05) is 57.2 Å². The average Bonchev–Trinajstić information content (AvgIpc) is 3.03. The minimum Gasteiger partial charge on any atom is -0.477 e. The molecule has 2 saturated heterocycles. The second-order valence-corrected chi connectivity index (χ2v) is 13.0. The second-order valence-electron chi connectivity index (χ2n) is 13.0. The van der Waals surface area contributed by atoms with Crippen molar-refractivity contribution in [2.45, 2.75) is 52.3 Å². The number of pyridine rings is 2. The molecule has 2 aliphatic rings. The van der Waals surface area contributed by atoms with Crippen LogP contribution in [0.15, 0.2) is 60.7 Å². The van der Waals surface area contributed by atoms with Crippen LogP contribution in [-0.2, 0) is 4.74 Å². The Balaban J connectivity index is 0.000000193. The molecule has 2 fully saturated rings. The summed E-state index contributed by atoms with van der Waals surface area (Å²) in [5.41, 5.74) is 3.18. The van der Waals surface area contributed by atoms with E-state index in [0.29, 0.717) is 31.2 Å². The standard InChI is InChI=1S/C20H25N3O4.C15H17N3O2/c1-13-12-22(19(26)27-20(2,3)4)9-10-23(13)15-6-8-16-14(11-15)5-7-17(21-16)18(24)25;1-10-9-16-6-7-18(10)12-3-5-13-11(8-12)2-4-14(17-13)15(19)20/h5-8,11,13H,9-10,12H2,1-4H3,(H,24,25);2-5,8,10,16H,6-7,9H2,1H3,(H,19,20). The Bertz CT molecular complexity index is 1790. The van der Waals surface area contributed by atoms with Crippen LogP contribution >= 0.6 is 0 Å². The van der Waals surface area contributed by atoms with Crippen LogP contribution in [0, 0.1) is 0 Å². The fourth-order valence-electron chi connectivity index (χ4n) is 5.88. The normalized spacial score (nSPS) is 18.4. The largest absolute Gasteiger partial charge is 0.477 e. The van der Waals surface area contributed by atoms with Crippen LogP contribution in [0.1, 0.15) is 55.6 Å². The lowest BCUT2D eigenvalue weighted by Gasteiger charge is -2.41. The molecule has 12 heteroatoms. The molecular formula is C35H42N6O6. The molecule has 47 heavy (non-hydrogen) atoms. The first-order valence-corrected chi connectivity index (χ1v) is 15.8. The van der Waals surface area contributed by atoms with Crippen LogP contribution in [0.5, 0.6) is 0 Å². The maximum atomic E-state index is 12.3. The zero-order valence-corrected chi connectivity index (χ0v) is 27.4. The number of carbonyl (C=O) groups excluding carboxylic acids is 1. The SMILES string of the molecule is CC1CN(C(=O)OC(C)(C)C)CCN1c1ccc2nc(C(=O)O)ccc2c1.CC1CNCCN1c1ccc2nc(C(=O)O)ccc2c1. The summed E-state index contributed by atoms with van der Waals surface area (Å²) in [4.78, 5) is 48.9. The number of rotatable bonds is 4. The van der Waals surface area contributed by atoms with Gasteiger partial charge in [-0.25, -0.2) is 24.4 Å². The van der Waals surface area contributed by atoms with Gasteiger partial charge < -0.3 is 35.0 Å². The quantitative estimate of drug-likeness (QED) is 0.273. The van der Waals surface area contributed by atoms with Gasteiger partial charge in [-0.1, -0.05) is 12.1 Å². The van der Waals surface area contributed by atoms with E-state index in [4.69, 9.17) is 14.9 Å². The molecule has 2 atom stereocenters. The van der Waals surface area contributed by atoms with Gasteiger partial charge in [-0.2, -0.15) is 0 Å². The Hall–Kier alpha value is -4.97. The number of carboxylic acids is 2. The Labute approximate surface area is 274 Å². The summed E-state index contributed by atoms with van der Waals surface area (Å²) in [5.74, 6) is -2.03. The minimum atomic E-state index is -1.03. The van der Waals surface area contributed by atoms with Gasteiger partial charge in [-0.3, -0.25) is 0 Å². The van der Waals surface area contributed by atoms with E-state index in [9.17, 15) is 14.4 Å². The number of piperazine rings is 2. The first kappa shape index (κ1) is 33.4. The molecule has 0 spiro atoms. The summed E-state index contributed by atoms with van der Waals surface area (Å²) in [6.45, 7) is 14.7. The summed E-state index contributed by atoms with van der Waals surface area (Å²) < 4.78 is 5.47. The van der Waals surface area contributed by atoms with Gasteiger partial charge in [-0.05, 0) is 83.1 Å². The number of anilines is 2. The van der Waals surface area contributed by atoms with E-state index in [1.165, 1.54) is 6.07 Å². The van der Waals surface area contributed by atoms with Gasteiger partial charge >= 0.3 is 18.0 Å². The van der Waals surface area contributed by atoms with Crippen molar-refractivity contribution in [3.8, 4) is 0 Å². The third-order valence-electron chi connectivity index (χ3n) is 8.23. The second kappa shape index (κ2) is 13.8. The number of nitrogens with zero attached hydrogens (tertiary/aromatic N) is 5. The minimum absolute atomic E-state index is 0.0367. The summed E-state index contributed by atoms with van der Waals surface area (Å²) >= 11 is 0. The van der Waals surface area contributed by atoms with Gasteiger partial charge in [0, 0.05) is 73.5 Å². The van der Waals surface area contributed by atoms with Crippen LogP contribution in [0.3, 0.4) is 0 Å². The lowest BCUT2D eigenvalue weighted by molar-refractivity contribution is 0.0218.